The highest BCUT2D eigenvalue weighted by atomic mass is 32.1. The zero-order valence-corrected chi connectivity index (χ0v) is 15.9. The number of methoxy groups -OCH3 is 1. The fourth-order valence-electron chi connectivity index (χ4n) is 2.59. The number of ether oxygens (including phenoxy) is 2. The summed E-state index contributed by atoms with van der Waals surface area (Å²) in [7, 11) is 1.57. The summed E-state index contributed by atoms with van der Waals surface area (Å²) in [5.74, 6) is 0.146. The van der Waals surface area contributed by atoms with Gasteiger partial charge in [0, 0.05) is 37.1 Å². The number of benzene rings is 1. The Kier molecular flexibility index (Phi) is 6.74. The van der Waals surface area contributed by atoms with Crippen molar-refractivity contribution in [2.45, 2.75) is 0 Å². The number of carbonyl (C=O) groups excluding carboxylic acids is 2. The summed E-state index contributed by atoms with van der Waals surface area (Å²) in [5.41, 5.74) is 0.787. The normalized spacial score (nSPS) is 14.6. The van der Waals surface area contributed by atoms with Gasteiger partial charge in [0.1, 0.15) is 11.4 Å². The third-order valence-electron chi connectivity index (χ3n) is 4.13. The van der Waals surface area contributed by atoms with Crippen LogP contribution in [0.3, 0.4) is 0 Å². The van der Waals surface area contributed by atoms with Crippen molar-refractivity contribution in [3.05, 3.63) is 40.9 Å². The third kappa shape index (κ3) is 5.49. The van der Waals surface area contributed by atoms with Crippen LogP contribution in [0.1, 0.15) is 20.8 Å². The molecule has 0 radical (unpaired) electrons. The Labute approximate surface area is 161 Å². The van der Waals surface area contributed by atoms with Crippen LogP contribution in [0.2, 0.25) is 0 Å². The van der Waals surface area contributed by atoms with Crippen molar-refractivity contribution < 1.29 is 19.1 Å². The number of hydrogen-bond acceptors (Lipinski definition) is 7. The maximum absolute atomic E-state index is 12.2. The third-order valence-corrected chi connectivity index (χ3v) is 4.88. The molecule has 0 bridgehead atoms. The molecule has 0 spiro atoms. The van der Waals surface area contributed by atoms with Gasteiger partial charge >= 0.3 is 0 Å². The van der Waals surface area contributed by atoms with Gasteiger partial charge in [-0.25, -0.2) is 4.98 Å². The van der Waals surface area contributed by atoms with E-state index in [2.05, 4.69) is 20.5 Å². The minimum Gasteiger partial charge on any atom is -0.497 e. The van der Waals surface area contributed by atoms with E-state index in [0.717, 1.165) is 32.8 Å². The summed E-state index contributed by atoms with van der Waals surface area (Å²) >= 11 is 1.21. The Morgan fingerprint density at radius 3 is 2.67 bits per heavy atom. The lowest BCUT2D eigenvalue weighted by atomic mass is 10.2. The fraction of sp³-hybridized carbons (Fsp3) is 0.389. The molecule has 1 aromatic heterocycles. The van der Waals surface area contributed by atoms with Crippen LogP contribution in [0.15, 0.2) is 29.6 Å². The molecule has 0 unspecified atom stereocenters. The van der Waals surface area contributed by atoms with Gasteiger partial charge in [-0.3, -0.25) is 19.8 Å². The van der Waals surface area contributed by atoms with Gasteiger partial charge in [0.25, 0.3) is 11.8 Å². The minimum atomic E-state index is -0.286. The number of anilines is 1. The molecule has 2 N–H and O–H groups in total. The van der Waals surface area contributed by atoms with Crippen LogP contribution in [-0.4, -0.2) is 68.2 Å². The zero-order chi connectivity index (χ0) is 19.1. The van der Waals surface area contributed by atoms with Crippen molar-refractivity contribution >= 4 is 28.3 Å². The minimum absolute atomic E-state index is 0.246. The molecule has 1 aliphatic rings. The first-order valence-corrected chi connectivity index (χ1v) is 9.53. The van der Waals surface area contributed by atoms with Crippen molar-refractivity contribution in [3.8, 4) is 5.75 Å². The highest BCUT2D eigenvalue weighted by Crippen LogP contribution is 2.17. The van der Waals surface area contributed by atoms with Gasteiger partial charge < -0.3 is 14.8 Å². The Morgan fingerprint density at radius 1 is 1.22 bits per heavy atom. The second kappa shape index (κ2) is 9.45. The molecule has 8 nitrogen and oxygen atoms in total. The van der Waals surface area contributed by atoms with Crippen LogP contribution >= 0.6 is 11.3 Å². The van der Waals surface area contributed by atoms with E-state index in [1.807, 2.05) is 0 Å². The van der Waals surface area contributed by atoms with Crippen molar-refractivity contribution in [2.75, 3.05) is 51.8 Å². The van der Waals surface area contributed by atoms with E-state index < -0.39 is 0 Å². The SMILES string of the molecule is COc1ccc(C(=O)Nc2nc(C(=O)NCCN3CCOCC3)cs2)cc1. The van der Waals surface area contributed by atoms with Gasteiger partial charge in [-0.15, -0.1) is 11.3 Å². The topological polar surface area (TPSA) is 92.8 Å². The highest BCUT2D eigenvalue weighted by molar-refractivity contribution is 7.14. The summed E-state index contributed by atoms with van der Waals surface area (Å²) in [6.45, 7) is 4.56. The second-order valence-electron chi connectivity index (χ2n) is 5.93. The first-order valence-electron chi connectivity index (χ1n) is 8.65. The largest absolute Gasteiger partial charge is 0.497 e. The van der Waals surface area contributed by atoms with E-state index >= 15 is 0 Å². The number of amides is 2. The van der Waals surface area contributed by atoms with E-state index in [-0.39, 0.29) is 11.8 Å². The van der Waals surface area contributed by atoms with Crippen molar-refractivity contribution in [2.24, 2.45) is 0 Å². The Morgan fingerprint density at radius 2 is 1.96 bits per heavy atom. The highest BCUT2D eigenvalue weighted by Gasteiger charge is 2.14. The predicted octanol–water partition coefficient (Wildman–Crippen LogP) is 1.47. The molecule has 0 aliphatic carbocycles. The summed E-state index contributed by atoms with van der Waals surface area (Å²) in [5, 5.41) is 7.57. The van der Waals surface area contributed by atoms with Gasteiger partial charge in [-0.2, -0.15) is 0 Å². The average molecular weight is 390 g/mol. The summed E-state index contributed by atoms with van der Waals surface area (Å²) in [6, 6.07) is 6.76. The molecule has 1 aromatic carbocycles. The Hall–Kier alpha value is -2.49. The monoisotopic (exact) mass is 390 g/mol. The first-order chi connectivity index (χ1) is 13.2. The van der Waals surface area contributed by atoms with Crippen molar-refractivity contribution in [1.29, 1.82) is 0 Å². The van der Waals surface area contributed by atoms with Gasteiger partial charge in [-0.05, 0) is 24.3 Å². The number of rotatable bonds is 7. The van der Waals surface area contributed by atoms with Crippen LogP contribution in [0.4, 0.5) is 5.13 Å². The lowest BCUT2D eigenvalue weighted by molar-refractivity contribution is 0.0383. The van der Waals surface area contributed by atoms with Crippen LogP contribution < -0.4 is 15.4 Å². The summed E-state index contributed by atoms with van der Waals surface area (Å²) < 4.78 is 10.4. The molecule has 9 heteroatoms. The summed E-state index contributed by atoms with van der Waals surface area (Å²) in [6.07, 6.45) is 0. The maximum Gasteiger partial charge on any atom is 0.270 e. The molecular formula is C18H22N4O4S. The molecule has 1 aliphatic heterocycles. The van der Waals surface area contributed by atoms with Gasteiger partial charge in [0.15, 0.2) is 5.13 Å². The van der Waals surface area contributed by atoms with Crippen molar-refractivity contribution in [3.63, 3.8) is 0 Å². The second-order valence-corrected chi connectivity index (χ2v) is 6.79. The number of aromatic nitrogens is 1. The quantitative estimate of drug-likeness (QED) is 0.744. The number of carbonyl (C=O) groups is 2. The zero-order valence-electron chi connectivity index (χ0n) is 15.1. The maximum atomic E-state index is 12.2. The number of nitrogens with zero attached hydrogens (tertiary/aromatic N) is 2. The standard InChI is InChI=1S/C18H22N4O4S/c1-25-14-4-2-13(3-5-14)16(23)21-18-20-15(12-27-18)17(24)19-6-7-22-8-10-26-11-9-22/h2-5,12H,6-11H2,1H3,(H,19,24)(H,20,21,23). The van der Waals surface area contributed by atoms with Gasteiger partial charge in [-0.1, -0.05) is 0 Å². The fourth-order valence-corrected chi connectivity index (χ4v) is 3.28. The number of nitrogens with one attached hydrogen (secondary N) is 2. The van der Waals surface area contributed by atoms with E-state index in [4.69, 9.17) is 9.47 Å². The molecular weight excluding hydrogens is 368 g/mol. The van der Waals surface area contributed by atoms with E-state index in [1.54, 1.807) is 36.8 Å². The number of hydrogen-bond donors (Lipinski definition) is 2. The van der Waals surface area contributed by atoms with E-state index in [9.17, 15) is 9.59 Å². The van der Waals surface area contributed by atoms with Gasteiger partial charge in [0.2, 0.25) is 0 Å². The molecule has 1 saturated heterocycles. The predicted molar refractivity (Wildman–Crippen MR) is 103 cm³/mol. The Bertz CT molecular complexity index is 772. The molecule has 2 heterocycles. The average Bonchev–Trinajstić information content (AvgIpc) is 3.17. The molecule has 144 valence electrons. The lowest BCUT2D eigenvalue weighted by Crippen LogP contribution is -2.41. The first kappa shape index (κ1) is 19.3. The molecule has 2 aromatic rings. The van der Waals surface area contributed by atoms with Crippen LogP contribution in [-0.2, 0) is 4.74 Å². The molecule has 0 saturated carbocycles. The smallest absolute Gasteiger partial charge is 0.270 e. The lowest BCUT2D eigenvalue weighted by Gasteiger charge is -2.26. The van der Waals surface area contributed by atoms with Crippen molar-refractivity contribution in [1.82, 2.24) is 15.2 Å². The van der Waals surface area contributed by atoms with E-state index in [1.165, 1.54) is 11.3 Å². The van der Waals surface area contributed by atoms with Crippen LogP contribution in [0.5, 0.6) is 5.75 Å². The molecule has 0 atom stereocenters. The molecule has 27 heavy (non-hydrogen) atoms. The molecule has 3 rings (SSSR count). The van der Waals surface area contributed by atoms with Crippen LogP contribution in [0, 0.1) is 0 Å². The summed E-state index contributed by atoms with van der Waals surface area (Å²) in [4.78, 5) is 30.9. The van der Waals surface area contributed by atoms with Crippen LogP contribution in [0.25, 0.3) is 0 Å². The Balaban J connectivity index is 1.47. The van der Waals surface area contributed by atoms with E-state index in [0.29, 0.717) is 28.7 Å². The van der Waals surface area contributed by atoms with Gasteiger partial charge in [0.05, 0.1) is 20.3 Å². The molecule has 2 amide bonds. The number of morpholine rings is 1. The molecule has 1 fully saturated rings. The number of thiazole rings is 1.